The molecule has 1 fully saturated rings. The highest BCUT2D eigenvalue weighted by atomic mass is 19.1. The summed E-state index contributed by atoms with van der Waals surface area (Å²) in [5.41, 5.74) is 14.4. The van der Waals surface area contributed by atoms with Gasteiger partial charge in [-0.3, -0.25) is 14.2 Å². The summed E-state index contributed by atoms with van der Waals surface area (Å²) >= 11 is 0. The van der Waals surface area contributed by atoms with Crippen molar-refractivity contribution in [3.8, 4) is 34.0 Å². The van der Waals surface area contributed by atoms with Crippen LogP contribution in [0.15, 0.2) is 78.0 Å². The van der Waals surface area contributed by atoms with Gasteiger partial charge in [-0.2, -0.15) is 10.4 Å². The Kier molecular flexibility index (Phi) is 6.55. The second-order valence-electron chi connectivity index (χ2n) is 10.2. The molecule has 204 valence electrons. The van der Waals surface area contributed by atoms with Gasteiger partial charge in [0.2, 0.25) is 0 Å². The van der Waals surface area contributed by atoms with Gasteiger partial charge in [0.15, 0.2) is 5.82 Å². The number of hydrogen-bond acceptors (Lipinski definition) is 6. The lowest BCUT2D eigenvalue weighted by Gasteiger charge is -2.24. The summed E-state index contributed by atoms with van der Waals surface area (Å²) in [6.07, 6.45) is 6.13. The molecule has 1 amide bonds. The first-order valence-electron chi connectivity index (χ1n) is 13.3. The molecule has 3 aromatic heterocycles. The molecule has 2 aromatic carbocycles. The first-order chi connectivity index (χ1) is 19.9. The normalized spacial score (nSPS) is 16.9. The number of nitriles is 1. The summed E-state index contributed by atoms with van der Waals surface area (Å²) in [7, 11) is 0. The number of para-hydroxylation sites is 1. The second kappa shape index (κ2) is 10.4. The zero-order valence-electron chi connectivity index (χ0n) is 22.0. The number of carbonyl (C=O) groups excluding carboxylic acids is 1. The lowest BCUT2D eigenvalue weighted by Crippen LogP contribution is -2.29. The van der Waals surface area contributed by atoms with E-state index >= 15 is 4.39 Å². The fourth-order valence-electron chi connectivity index (χ4n) is 5.81. The molecule has 0 unspecified atom stereocenters. The fourth-order valence-corrected chi connectivity index (χ4v) is 5.81. The molecule has 0 radical (unpaired) electrons. The van der Waals surface area contributed by atoms with Gasteiger partial charge in [-0.05, 0) is 61.6 Å². The SMILES string of the molecule is N#C[C@H]1CC[C@@H](c2cc(-c3ccc(-c4ccn(-c5ccccc5)c(=O)c4C(N)=O)cc3F)c3c(N)ncnn32)CC1. The maximum absolute atomic E-state index is 15.9. The Hall–Kier alpha value is -5.30. The minimum absolute atomic E-state index is 0.0433. The zero-order valence-corrected chi connectivity index (χ0v) is 22.0. The molecule has 0 spiro atoms. The van der Waals surface area contributed by atoms with Crippen molar-refractivity contribution >= 4 is 17.2 Å². The van der Waals surface area contributed by atoms with Gasteiger partial charge in [-0.15, -0.1) is 0 Å². The Morgan fingerprint density at radius 3 is 2.44 bits per heavy atom. The molecule has 0 atom stereocenters. The molecular weight excluding hydrogens is 521 g/mol. The van der Waals surface area contributed by atoms with Crippen LogP contribution < -0.4 is 17.0 Å². The molecule has 6 rings (SSSR count). The number of nitrogens with zero attached hydrogens (tertiary/aromatic N) is 5. The average molecular weight is 548 g/mol. The number of fused-ring (bicyclic) bond motifs is 1. The highest BCUT2D eigenvalue weighted by Crippen LogP contribution is 2.41. The summed E-state index contributed by atoms with van der Waals surface area (Å²) in [6, 6.07) is 19.2. The van der Waals surface area contributed by atoms with E-state index in [4.69, 9.17) is 11.5 Å². The summed E-state index contributed by atoms with van der Waals surface area (Å²) < 4.78 is 18.9. The largest absolute Gasteiger partial charge is 0.382 e. The van der Waals surface area contributed by atoms with E-state index in [-0.39, 0.29) is 34.3 Å². The molecule has 1 aliphatic carbocycles. The van der Waals surface area contributed by atoms with Crippen LogP contribution in [0.25, 0.3) is 33.5 Å². The van der Waals surface area contributed by atoms with Gasteiger partial charge in [0.05, 0.1) is 6.07 Å². The van der Waals surface area contributed by atoms with Gasteiger partial charge in [0, 0.05) is 46.1 Å². The Bertz CT molecular complexity index is 1900. The number of amides is 1. The van der Waals surface area contributed by atoms with Crippen LogP contribution in [0.2, 0.25) is 0 Å². The Morgan fingerprint density at radius 1 is 1.00 bits per heavy atom. The third-order valence-corrected chi connectivity index (χ3v) is 7.88. The number of halogens is 1. The number of hydrogen-bond donors (Lipinski definition) is 2. The van der Waals surface area contributed by atoms with E-state index in [1.165, 1.54) is 23.2 Å². The quantitative estimate of drug-likeness (QED) is 0.322. The number of benzene rings is 2. The third-order valence-electron chi connectivity index (χ3n) is 7.88. The first kappa shape index (κ1) is 26.0. The number of aromatic nitrogens is 4. The van der Waals surface area contributed by atoms with E-state index in [9.17, 15) is 14.9 Å². The molecule has 9 nitrogen and oxygen atoms in total. The Labute approximate surface area is 234 Å². The topological polar surface area (TPSA) is 145 Å². The van der Waals surface area contributed by atoms with Gasteiger partial charge < -0.3 is 11.5 Å². The minimum Gasteiger partial charge on any atom is -0.382 e. The minimum atomic E-state index is -0.904. The maximum Gasteiger partial charge on any atom is 0.268 e. The van der Waals surface area contributed by atoms with E-state index < -0.39 is 17.3 Å². The lowest BCUT2D eigenvalue weighted by molar-refractivity contribution is 0.0999. The van der Waals surface area contributed by atoms with Gasteiger partial charge in [0.1, 0.15) is 23.2 Å². The molecule has 3 heterocycles. The molecule has 0 aliphatic heterocycles. The lowest BCUT2D eigenvalue weighted by atomic mass is 9.81. The smallest absolute Gasteiger partial charge is 0.268 e. The van der Waals surface area contributed by atoms with E-state index in [0.29, 0.717) is 22.3 Å². The number of nitrogens with two attached hydrogens (primary N) is 2. The fraction of sp³-hybridized carbons (Fsp3) is 0.194. The van der Waals surface area contributed by atoms with Gasteiger partial charge in [0.25, 0.3) is 11.5 Å². The molecule has 10 heteroatoms. The second-order valence-corrected chi connectivity index (χ2v) is 10.2. The molecular formula is C31H26FN7O2. The number of anilines is 1. The van der Waals surface area contributed by atoms with Crippen LogP contribution in [0.4, 0.5) is 10.2 Å². The molecule has 0 saturated heterocycles. The molecule has 41 heavy (non-hydrogen) atoms. The van der Waals surface area contributed by atoms with Crippen molar-refractivity contribution < 1.29 is 9.18 Å². The van der Waals surface area contributed by atoms with Gasteiger partial charge >= 0.3 is 0 Å². The van der Waals surface area contributed by atoms with Crippen molar-refractivity contribution in [3.05, 3.63) is 101 Å². The number of rotatable bonds is 5. The summed E-state index contributed by atoms with van der Waals surface area (Å²) in [5.74, 6) is -1.07. The Morgan fingerprint density at radius 2 is 1.76 bits per heavy atom. The number of nitrogen functional groups attached to an aromatic ring is 1. The first-order valence-corrected chi connectivity index (χ1v) is 13.3. The van der Waals surface area contributed by atoms with Crippen LogP contribution in [0, 0.1) is 23.1 Å². The summed E-state index contributed by atoms with van der Waals surface area (Å²) in [5, 5.41) is 13.7. The predicted octanol–water partition coefficient (Wildman–Crippen LogP) is 4.83. The average Bonchev–Trinajstić information content (AvgIpc) is 3.38. The van der Waals surface area contributed by atoms with Crippen molar-refractivity contribution in [1.82, 2.24) is 19.2 Å². The Balaban J connectivity index is 1.44. The molecule has 5 aromatic rings. The van der Waals surface area contributed by atoms with Crippen LogP contribution >= 0.6 is 0 Å². The van der Waals surface area contributed by atoms with Crippen molar-refractivity contribution in [3.63, 3.8) is 0 Å². The van der Waals surface area contributed by atoms with E-state index in [0.717, 1.165) is 31.4 Å². The van der Waals surface area contributed by atoms with Crippen LogP contribution in [0.3, 0.4) is 0 Å². The number of pyridine rings is 1. The van der Waals surface area contributed by atoms with Crippen LogP contribution in [0.1, 0.15) is 47.7 Å². The van der Waals surface area contributed by atoms with E-state index in [2.05, 4.69) is 16.2 Å². The maximum atomic E-state index is 15.9. The molecule has 4 N–H and O–H groups in total. The van der Waals surface area contributed by atoms with Crippen molar-refractivity contribution in [2.75, 3.05) is 5.73 Å². The highest BCUT2D eigenvalue weighted by molar-refractivity contribution is 6.00. The molecule has 1 aliphatic rings. The van der Waals surface area contributed by atoms with Crippen molar-refractivity contribution in [2.24, 2.45) is 11.7 Å². The highest BCUT2D eigenvalue weighted by Gasteiger charge is 2.28. The summed E-state index contributed by atoms with van der Waals surface area (Å²) in [4.78, 5) is 29.8. The summed E-state index contributed by atoms with van der Waals surface area (Å²) in [6.45, 7) is 0. The van der Waals surface area contributed by atoms with Crippen LogP contribution in [-0.4, -0.2) is 25.1 Å². The molecule has 1 saturated carbocycles. The van der Waals surface area contributed by atoms with Gasteiger partial charge in [-0.25, -0.2) is 13.9 Å². The third kappa shape index (κ3) is 4.51. The van der Waals surface area contributed by atoms with E-state index in [1.807, 2.05) is 12.1 Å². The van der Waals surface area contributed by atoms with E-state index in [1.54, 1.807) is 47.0 Å². The monoisotopic (exact) mass is 547 g/mol. The standard InChI is InChI=1S/C31H26FN7O2/c32-25-14-20(22-12-13-38(21-4-2-1-3-5-21)31(41)27(22)30(35)40)10-11-23(25)24-15-26(19-8-6-18(16-33)7-9-19)39-28(24)29(34)36-17-37-39/h1-5,10-15,17-19H,6-9H2,(H2,35,40)(H2,34,36,37)/t18-,19+. The van der Waals surface area contributed by atoms with Crippen molar-refractivity contribution in [1.29, 1.82) is 5.26 Å². The van der Waals surface area contributed by atoms with Crippen molar-refractivity contribution in [2.45, 2.75) is 31.6 Å². The number of carbonyl (C=O) groups is 1. The van der Waals surface area contributed by atoms with Gasteiger partial charge in [-0.1, -0.05) is 30.3 Å². The molecule has 0 bridgehead atoms. The van der Waals surface area contributed by atoms with Crippen LogP contribution in [-0.2, 0) is 0 Å². The predicted molar refractivity (Wildman–Crippen MR) is 153 cm³/mol. The number of primary amides is 1. The van der Waals surface area contributed by atoms with Crippen LogP contribution in [0.5, 0.6) is 0 Å². The zero-order chi connectivity index (χ0) is 28.7.